The first-order valence-corrected chi connectivity index (χ1v) is 9.81. The van der Waals surface area contributed by atoms with Crippen LogP contribution < -0.4 is 4.90 Å². The smallest absolute Gasteiger partial charge is 0.259 e. The van der Waals surface area contributed by atoms with Crippen LogP contribution in [0.2, 0.25) is 0 Å². The van der Waals surface area contributed by atoms with E-state index in [4.69, 9.17) is 4.52 Å². The van der Waals surface area contributed by atoms with Crippen molar-refractivity contribution in [2.75, 3.05) is 26.2 Å². The molecule has 0 bridgehead atoms. The second-order valence-corrected chi connectivity index (χ2v) is 7.40. The molecule has 0 atom stereocenters. The molecule has 28 heavy (non-hydrogen) atoms. The van der Waals surface area contributed by atoms with E-state index in [-0.39, 0.29) is 11.9 Å². The minimum Gasteiger partial charge on any atom is -0.361 e. The molecule has 1 amide bonds. The van der Waals surface area contributed by atoms with Crippen molar-refractivity contribution in [3.8, 4) is 0 Å². The summed E-state index contributed by atoms with van der Waals surface area (Å²) in [6, 6.07) is 21.6. The number of hydrogen-bond donors (Lipinski definition) is 1. The molecular formula is C23H26N3O2+. The molecule has 144 valence electrons. The van der Waals surface area contributed by atoms with Gasteiger partial charge >= 0.3 is 0 Å². The van der Waals surface area contributed by atoms with Gasteiger partial charge in [0.15, 0.2) is 0 Å². The van der Waals surface area contributed by atoms with Crippen molar-refractivity contribution in [1.82, 2.24) is 10.1 Å². The highest BCUT2D eigenvalue weighted by atomic mass is 16.5. The Morgan fingerprint density at radius 2 is 1.50 bits per heavy atom. The lowest BCUT2D eigenvalue weighted by atomic mass is 9.96. The van der Waals surface area contributed by atoms with E-state index in [1.807, 2.05) is 11.8 Å². The lowest BCUT2D eigenvalue weighted by molar-refractivity contribution is -0.929. The average Bonchev–Trinajstić information content (AvgIpc) is 3.08. The molecule has 1 aliphatic rings. The van der Waals surface area contributed by atoms with Crippen LogP contribution in [0.4, 0.5) is 0 Å². The molecule has 1 fully saturated rings. The molecular weight excluding hydrogens is 350 g/mol. The monoisotopic (exact) mass is 376 g/mol. The summed E-state index contributed by atoms with van der Waals surface area (Å²) in [6.07, 6.45) is 0. The van der Waals surface area contributed by atoms with Crippen LogP contribution >= 0.6 is 0 Å². The molecule has 3 aromatic rings. The Balaban J connectivity index is 1.53. The van der Waals surface area contributed by atoms with E-state index < -0.39 is 0 Å². The number of nitrogens with one attached hydrogen (secondary N) is 1. The first-order chi connectivity index (χ1) is 13.6. The van der Waals surface area contributed by atoms with Gasteiger partial charge in [-0.3, -0.25) is 4.79 Å². The normalized spacial score (nSPS) is 15.2. The van der Waals surface area contributed by atoms with Gasteiger partial charge in [0.1, 0.15) is 17.4 Å². The predicted octanol–water partition coefficient (Wildman–Crippen LogP) is 2.42. The second-order valence-electron chi connectivity index (χ2n) is 7.40. The van der Waals surface area contributed by atoms with Gasteiger partial charge in [-0.05, 0) is 13.8 Å². The van der Waals surface area contributed by atoms with Gasteiger partial charge in [-0.2, -0.15) is 0 Å². The molecule has 0 radical (unpaired) electrons. The zero-order chi connectivity index (χ0) is 19.5. The summed E-state index contributed by atoms with van der Waals surface area (Å²) in [4.78, 5) is 16.4. The third-order valence-electron chi connectivity index (χ3n) is 5.61. The number of amides is 1. The minimum atomic E-state index is 0.0336. The SMILES string of the molecule is Cc1noc(C)c1C(=O)N1CC[NH+](C(c2ccccc2)c2ccccc2)CC1. The maximum absolute atomic E-state index is 12.9. The maximum Gasteiger partial charge on any atom is 0.259 e. The van der Waals surface area contributed by atoms with Crippen LogP contribution in [0.3, 0.4) is 0 Å². The summed E-state index contributed by atoms with van der Waals surface area (Å²) < 4.78 is 5.18. The fourth-order valence-corrected chi connectivity index (χ4v) is 4.19. The molecule has 4 rings (SSSR count). The van der Waals surface area contributed by atoms with Gasteiger partial charge in [0.05, 0.1) is 31.9 Å². The minimum absolute atomic E-state index is 0.0336. The van der Waals surface area contributed by atoms with E-state index in [0.29, 0.717) is 17.0 Å². The Hall–Kier alpha value is -2.92. The summed E-state index contributed by atoms with van der Waals surface area (Å²) >= 11 is 0. The van der Waals surface area contributed by atoms with Gasteiger partial charge in [-0.15, -0.1) is 0 Å². The highest BCUT2D eigenvalue weighted by Crippen LogP contribution is 2.20. The number of quaternary nitrogens is 1. The first-order valence-electron chi connectivity index (χ1n) is 9.81. The summed E-state index contributed by atoms with van der Waals surface area (Å²) in [5.41, 5.74) is 3.92. The molecule has 1 aromatic heterocycles. The van der Waals surface area contributed by atoms with Crippen LogP contribution in [-0.4, -0.2) is 42.1 Å². The molecule has 1 N–H and O–H groups in total. The summed E-state index contributed by atoms with van der Waals surface area (Å²) in [6.45, 7) is 6.90. The molecule has 0 saturated carbocycles. The van der Waals surface area contributed by atoms with Gasteiger partial charge in [-0.1, -0.05) is 65.8 Å². The number of piperazine rings is 1. The fraction of sp³-hybridized carbons (Fsp3) is 0.304. The Morgan fingerprint density at radius 1 is 0.964 bits per heavy atom. The Morgan fingerprint density at radius 3 is 1.96 bits per heavy atom. The molecule has 2 aromatic carbocycles. The number of carbonyl (C=O) groups excluding carboxylic acids is 1. The predicted molar refractivity (Wildman–Crippen MR) is 107 cm³/mol. The number of carbonyl (C=O) groups is 1. The van der Waals surface area contributed by atoms with E-state index in [9.17, 15) is 4.79 Å². The zero-order valence-corrected chi connectivity index (χ0v) is 16.4. The third kappa shape index (κ3) is 3.58. The third-order valence-corrected chi connectivity index (χ3v) is 5.61. The van der Waals surface area contributed by atoms with Crippen molar-refractivity contribution in [3.05, 3.63) is 88.8 Å². The maximum atomic E-state index is 12.9. The molecule has 1 saturated heterocycles. The Bertz CT molecular complexity index is 870. The largest absolute Gasteiger partial charge is 0.361 e. The lowest BCUT2D eigenvalue weighted by Gasteiger charge is -2.37. The summed E-state index contributed by atoms with van der Waals surface area (Å²) in [7, 11) is 0. The van der Waals surface area contributed by atoms with E-state index in [1.165, 1.54) is 16.0 Å². The van der Waals surface area contributed by atoms with Gasteiger partial charge < -0.3 is 14.3 Å². The van der Waals surface area contributed by atoms with Crippen molar-refractivity contribution in [2.45, 2.75) is 19.9 Å². The van der Waals surface area contributed by atoms with Crippen molar-refractivity contribution >= 4 is 5.91 Å². The van der Waals surface area contributed by atoms with Gasteiger partial charge in [-0.25, -0.2) is 0 Å². The van der Waals surface area contributed by atoms with Gasteiger partial charge in [0.25, 0.3) is 5.91 Å². The van der Waals surface area contributed by atoms with Crippen LogP contribution in [0.1, 0.15) is 39.0 Å². The quantitative estimate of drug-likeness (QED) is 0.761. The number of aryl methyl sites for hydroxylation is 2. The van der Waals surface area contributed by atoms with Gasteiger partial charge in [0.2, 0.25) is 0 Å². The van der Waals surface area contributed by atoms with Crippen molar-refractivity contribution in [3.63, 3.8) is 0 Å². The van der Waals surface area contributed by atoms with E-state index in [1.54, 1.807) is 6.92 Å². The average molecular weight is 376 g/mol. The van der Waals surface area contributed by atoms with Crippen molar-refractivity contribution in [1.29, 1.82) is 0 Å². The van der Waals surface area contributed by atoms with Crippen LogP contribution in [-0.2, 0) is 0 Å². The molecule has 5 nitrogen and oxygen atoms in total. The van der Waals surface area contributed by atoms with Crippen molar-refractivity contribution in [2.24, 2.45) is 0 Å². The number of benzene rings is 2. The first kappa shape index (κ1) is 18.4. The Labute approximate surface area is 165 Å². The molecule has 5 heteroatoms. The molecule has 2 heterocycles. The summed E-state index contributed by atoms with van der Waals surface area (Å²) in [5, 5.41) is 3.93. The van der Waals surface area contributed by atoms with Crippen LogP contribution in [0.5, 0.6) is 0 Å². The molecule has 0 aliphatic carbocycles. The van der Waals surface area contributed by atoms with E-state index in [0.717, 1.165) is 26.2 Å². The number of hydrogen-bond acceptors (Lipinski definition) is 3. The second kappa shape index (κ2) is 7.98. The molecule has 0 unspecified atom stereocenters. The van der Waals surface area contributed by atoms with Crippen LogP contribution in [0, 0.1) is 13.8 Å². The number of nitrogens with zero attached hydrogens (tertiary/aromatic N) is 2. The fourth-order valence-electron chi connectivity index (χ4n) is 4.19. The highest BCUT2D eigenvalue weighted by Gasteiger charge is 2.33. The summed E-state index contributed by atoms with van der Waals surface area (Å²) in [5.74, 6) is 0.634. The standard InChI is InChI=1S/C23H25N3O2/c1-17-21(18(2)28-24-17)23(27)26-15-13-25(14-16-26)22(19-9-5-3-6-10-19)20-11-7-4-8-12-20/h3-12,22H,13-16H2,1-2H3/p+1. The molecule has 1 aliphatic heterocycles. The topological polar surface area (TPSA) is 50.8 Å². The van der Waals surface area contributed by atoms with E-state index >= 15 is 0 Å². The highest BCUT2D eigenvalue weighted by molar-refractivity contribution is 5.96. The number of rotatable bonds is 4. The lowest BCUT2D eigenvalue weighted by Crippen LogP contribution is -3.15. The number of aromatic nitrogens is 1. The van der Waals surface area contributed by atoms with Crippen LogP contribution in [0.25, 0.3) is 0 Å². The van der Waals surface area contributed by atoms with Crippen LogP contribution in [0.15, 0.2) is 65.2 Å². The van der Waals surface area contributed by atoms with Crippen molar-refractivity contribution < 1.29 is 14.2 Å². The van der Waals surface area contributed by atoms with Gasteiger partial charge in [0, 0.05) is 11.1 Å². The van der Waals surface area contributed by atoms with E-state index in [2.05, 4.69) is 65.8 Å². The Kier molecular flexibility index (Phi) is 5.26. The zero-order valence-electron chi connectivity index (χ0n) is 16.4. The molecule has 0 spiro atoms.